The van der Waals surface area contributed by atoms with Crippen molar-refractivity contribution >= 4 is 46.0 Å². The van der Waals surface area contributed by atoms with Crippen LogP contribution in [0.25, 0.3) is 5.57 Å². The summed E-state index contributed by atoms with van der Waals surface area (Å²) in [5, 5.41) is 7.13. The Balaban J connectivity index is 1.71. The molecule has 8 nitrogen and oxygen atoms in total. The van der Waals surface area contributed by atoms with E-state index >= 15 is 0 Å². The number of likely N-dealkylation sites (N-methyl/N-ethyl adjacent to an activating group) is 2. The third kappa shape index (κ3) is 3.75. The van der Waals surface area contributed by atoms with Crippen LogP contribution in [0.1, 0.15) is 78.0 Å². The SMILES string of the molecule is CC(=O)Nc1cc2c(cc1C1C(=O)C(=c3cc4c(cc3NC(C)=O)=[N+](C)C(C)C4(C)C)C1=O)C(C)(C)C(C)N2C. The molecule has 0 bridgehead atoms. The van der Waals surface area contributed by atoms with E-state index in [0.29, 0.717) is 22.2 Å². The summed E-state index contributed by atoms with van der Waals surface area (Å²) in [7, 11) is 4.02. The van der Waals surface area contributed by atoms with Gasteiger partial charge in [0.2, 0.25) is 17.2 Å². The first-order chi connectivity index (χ1) is 18.5. The summed E-state index contributed by atoms with van der Waals surface area (Å²) in [4.78, 5) is 54.3. The van der Waals surface area contributed by atoms with Crippen LogP contribution in [0.2, 0.25) is 0 Å². The van der Waals surface area contributed by atoms with Crippen molar-refractivity contribution in [2.75, 3.05) is 29.6 Å². The first kappa shape index (κ1) is 27.7. The largest absolute Gasteiger partial charge is 0.371 e. The highest BCUT2D eigenvalue weighted by atomic mass is 16.2. The van der Waals surface area contributed by atoms with Gasteiger partial charge in [0.1, 0.15) is 13.0 Å². The molecule has 0 radical (unpaired) electrons. The summed E-state index contributed by atoms with van der Waals surface area (Å²) in [6, 6.07) is 7.95. The number of anilines is 3. The van der Waals surface area contributed by atoms with Crippen molar-refractivity contribution in [1.29, 1.82) is 0 Å². The highest BCUT2D eigenvalue weighted by molar-refractivity contribution is 6.59. The number of carbonyl (C=O) groups is 4. The van der Waals surface area contributed by atoms with E-state index in [9.17, 15) is 19.2 Å². The van der Waals surface area contributed by atoms with E-state index in [2.05, 4.69) is 61.7 Å². The summed E-state index contributed by atoms with van der Waals surface area (Å²) >= 11 is 0. The molecule has 2 aromatic carbocycles. The quantitative estimate of drug-likeness (QED) is 0.458. The monoisotopic (exact) mass is 543 g/mol. The molecule has 3 aliphatic rings. The minimum atomic E-state index is -1.02. The predicted octanol–water partition coefficient (Wildman–Crippen LogP) is 2.61. The Morgan fingerprint density at radius 2 is 1.43 bits per heavy atom. The van der Waals surface area contributed by atoms with E-state index in [1.165, 1.54) is 13.8 Å². The van der Waals surface area contributed by atoms with Crippen LogP contribution < -0.4 is 30.7 Å². The lowest BCUT2D eigenvalue weighted by molar-refractivity contribution is -0.130. The lowest BCUT2D eigenvalue weighted by atomic mass is 9.69. The molecule has 1 aliphatic carbocycles. The number of hydrogen-bond donors (Lipinski definition) is 2. The number of benzene rings is 2. The van der Waals surface area contributed by atoms with Gasteiger partial charge in [-0.15, -0.1) is 0 Å². The number of amides is 2. The average Bonchev–Trinajstić information content (AvgIpc) is 3.13. The zero-order chi connectivity index (χ0) is 29.6. The molecule has 8 heteroatoms. The number of nitrogens with one attached hydrogen (secondary N) is 2. The Morgan fingerprint density at radius 3 is 2.00 bits per heavy atom. The lowest BCUT2D eigenvalue weighted by Crippen LogP contribution is -2.43. The van der Waals surface area contributed by atoms with Gasteiger partial charge in [0.15, 0.2) is 17.6 Å². The third-order valence-electron chi connectivity index (χ3n) is 9.92. The molecule has 2 heterocycles. The molecule has 2 unspecified atom stereocenters. The number of nitrogens with zero attached hydrogens (tertiary/aromatic N) is 2. The molecule has 0 spiro atoms. The molecular weight excluding hydrogens is 504 g/mol. The van der Waals surface area contributed by atoms with E-state index in [0.717, 1.165) is 22.2 Å². The van der Waals surface area contributed by atoms with Crippen LogP contribution in [-0.4, -0.2) is 49.6 Å². The van der Waals surface area contributed by atoms with Crippen molar-refractivity contribution in [2.24, 2.45) is 0 Å². The maximum atomic E-state index is 13.9. The van der Waals surface area contributed by atoms with Crippen molar-refractivity contribution in [3.63, 3.8) is 0 Å². The predicted molar refractivity (Wildman–Crippen MR) is 157 cm³/mol. The minimum absolute atomic E-state index is 0.0913. The van der Waals surface area contributed by atoms with Crippen molar-refractivity contribution in [3.05, 3.63) is 51.5 Å². The molecule has 2 aliphatic heterocycles. The van der Waals surface area contributed by atoms with Crippen LogP contribution >= 0.6 is 0 Å². The molecule has 0 saturated heterocycles. The Morgan fingerprint density at radius 1 is 0.850 bits per heavy atom. The Hall–Kier alpha value is -3.81. The van der Waals surface area contributed by atoms with Crippen molar-refractivity contribution in [2.45, 2.75) is 84.2 Å². The van der Waals surface area contributed by atoms with Gasteiger partial charge in [-0.05, 0) is 57.0 Å². The van der Waals surface area contributed by atoms with Crippen molar-refractivity contribution in [3.8, 4) is 0 Å². The lowest BCUT2D eigenvalue weighted by Gasteiger charge is -2.30. The average molecular weight is 544 g/mol. The summed E-state index contributed by atoms with van der Waals surface area (Å²) in [5.74, 6) is -2.19. The number of rotatable bonds is 3. The highest BCUT2D eigenvalue weighted by Crippen LogP contribution is 2.49. The van der Waals surface area contributed by atoms with Gasteiger partial charge in [0.25, 0.3) is 0 Å². The first-order valence-electron chi connectivity index (χ1n) is 13.8. The number of ketones is 2. The molecule has 2 atom stereocenters. The zero-order valence-corrected chi connectivity index (χ0v) is 25.1. The molecule has 1 saturated carbocycles. The van der Waals surface area contributed by atoms with E-state index in [1.807, 2.05) is 38.4 Å². The van der Waals surface area contributed by atoms with Crippen molar-refractivity contribution < 1.29 is 19.2 Å². The van der Waals surface area contributed by atoms with E-state index < -0.39 is 5.92 Å². The summed E-state index contributed by atoms with van der Waals surface area (Å²) in [6.07, 6.45) is 0. The molecule has 2 N–H and O–H groups in total. The van der Waals surface area contributed by atoms with Gasteiger partial charge < -0.3 is 15.5 Å². The fourth-order valence-electron chi connectivity index (χ4n) is 6.68. The Kier molecular flexibility index (Phi) is 6.14. The fourth-order valence-corrected chi connectivity index (χ4v) is 6.68. The maximum Gasteiger partial charge on any atom is 0.221 e. The Labute approximate surface area is 235 Å². The van der Waals surface area contributed by atoms with Gasteiger partial charge >= 0.3 is 0 Å². The van der Waals surface area contributed by atoms with Crippen molar-refractivity contribution in [1.82, 2.24) is 4.58 Å². The van der Waals surface area contributed by atoms with Gasteiger partial charge in [0.05, 0.1) is 16.7 Å². The smallest absolute Gasteiger partial charge is 0.221 e. The number of hydrogen-bond acceptors (Lipinski definition) is 5. The molecular formula is C32H39N4O4+. The van der Waals surface area contributed by atoms with E-state index in [-0.39, 0.29) is 51.9 Å². The first-order valence-corrected chi connectivity index (χ1v) is 13.8. The number of carbonyl (C=O) groups excluding carboxylic acids is 4. The second-order valence-corrected chi connectivity index (χ2v) is 12.8. The van der Waals surface area contributed by atoms with Crippen LogP contribution in [0.15, 0.2) is 24.3 Å². The topological polar surface area (TPSA) is 98.6 Å². The molecule has 1 fully saturated rings. The zero-order valence-electron chi connectivity index (χ0n) is 25.1. The molecule has 40 heavy (non-hydrogen) atoms. The van der Waals surface area contributed by atoms with Crippen LogP contribution in [0.4, 0.5) is 17.1 Å². The maximum absolute atomic E-state index is 13.9. The van der Waals surface area contributed by atoms with Crippen LogP contribution in [0.3, 0.4) is 0 Å². The van der Waals surface area contributed by atoms with Crippen LogP contribution in [0, 0.1) is 0 Å². The van der Waals surface area contributed by atoms with Gasteiger partial charge in [-0.3, -0.25) is 19.2 Å². The summed E-state index contributed by atoms with van der Waals surface area (Å²) in [5.41, 5.74) is 4.12. The van der Waals surface area contributed by atoms with Crippen LogP contribution in [-0.2, 0) is 30.0 Å². The van der Waals surface area contributed by atoms with Gasteiger partial charge in [-0.1, -0.05) is 13.8 Å². The fraction of sp³-hybridized carbons (Fsp3) is 0.469. The van der Waals surface area contributed by atoms with E-state index in [1.54, 1.807) is 0 Å². The second kappa shape index (κ2) is 8.85. The normalized spacial score (nSPS) is 24.1. The molecule has 5 rings (SSSR count). The Bertz CT molecular complexity index is 1650. The highest BCUT2D eigenvalue weighted by Gasteiger charge is 2.50. The second-order valence-electron chi connectivity index (χ2n) is 12.8. The van der Waals surface area contributed by atoms with E-state index in [4.69, 9.17) is 0 Å². The number of fused-ring (bicyclic) bond motifs is 2. The third-order valence-corrected chi connectivity index (χ3v) is 9.92. The van der Waals surface area contributed by atoms with Gasteiger partial charge in [-0.2, -0.15) is 0 Å². The van der Waals surface area contributed by atoms with Crippen LogP contribution in [0.5, 0.6) is 0 Å². The molecule has 210 valence electrons. The van der Waals surface area contributed by atoms with Gasteiger partial charge in [-0.25, -0.2) is 4.58 Å². The number of Topliss-reactive ketones (excluding diaryl/α,β-unsaturated/α-hetero) is 2. The molecule has 0 aromatic heterocycles. The summed E-state index contributed by atoms with van der Waals surface area (Å²) in [6.45, 7) is 15.7. The summed E-state index contributed by atoms with van der Waals surface area (Å²) < 4.78 is 2.16. The minimum Gasteiger partial charge on any atom is -0.371 e. The molecule has 2 amide bonds. The molecule has 2 aromatic rings. The standard InChI is InChI=1S/C32H38N4O4/c1-15-31(5,6)21-11-19(23(33-17(3)37)13-25(21)35(15)9)27-29(39)28(30(27)40)20-12-22-26(14-24(20)34-18(4)38)36(10)16(2)32(22,7)8/h11-16,27H,1-10H3,(H,33,37)/p+1. The van der Waals surface area contributed by atoms with Gasteiger partial charge in [0, 0.05) is 60.6 Å².